The van der Waals surface area contributed by atoms with Crippen LogP contribution in [0.25, 0.3) is 0 Å². The summed E-state index contributed by atoms with van der Waals surface area (Å²) in [6, 6.07) is 3.60. The lowest BCUT2D eigenvalue weighted by atomic mass is 10.2. The quantitative estimate of drug-likeness (QED) is 0.783. The smallest absolute Gasteiger partial charge is 0.254 e. The van der Waals surface area contributed by atoms with E-state index in [0.29, 0.717) is 5.56 Å². The minimum Gasteiger partial charge on any atom is -0.370 e. The van der Waals surface area contributed by atoms with Crippen LogP contribution in [0.4, 0.5) is 5.82 Å². The predicted molar refractivity (Wildman–Crippen MR) is 77.7 cm³/mol. The van der Waals surface area contributed by atoms with Crippen molar-refractivity contribution in [3.05, 3.63) is 42.1 Å². The fraction of sp³-hybridized carbons (Fsp3) is 0.357. The maximum absolute atomic E-state index is 11.7. The third kappa shape index (κ3) is 3.81. The van der Waals surface area contributed by atoms with Crippen LogP contribution in [-0.2, 0) is 6.42 Å². The van der Waals surface area contributed by atoms with Crippen molar-refractivity contribution < 1.29 is 4.79 Å². The Kier molecular flexibility index (Phi) is 4.70. The molecular formula is C14H19N5O. The molecule has 1 amide bonds. The second kappa shape index (κ2) is 6.70. The van der Waals surface area contributed by atoms with Gasteiger partial charge < -0.3 is 15.2 Å². The number of aromatic nitrogens is 3. The molecule has 2 rings (SSSR count). The maximum Gasteiger partial charge on any atom is 0.254 e. The van der Waals surface area contributed by atoms with E-state index in [0.717, 1.165) is 31.0 Å². The van der Waals surface area contributed by atoms with Gasteiger partial charge in [0.05, 0.1) is 5.56 Å². The van der Waals surface area contributed by atoms with Gasteiger partial charge in [-0.2, -0.15) is 0 Å². The number of carbonyl (C=O) groups is 1. The Bertz CT molecular complexity index is 533. The molecule has 0 atom stereocenters. The molecule has 0 aromatic carbocycles. The Morgan fingerprint density at radius 3 is 2.80 bits per heavy atom. The number of carbonyl (C=O) groups excluding carboxylic acids is 1. The number of nitrogens with one attached hydrogen (secondary N) is 2. The van der Waals surface area contributed by atoms with E-state index in [4.69, 9.17) is 0 Å². The summed E-state index contributed by atoms with van der Waals surface area (Å²) < 4.78 is 0. The van der Waals surface area contributed by atoms with Crippen molar-refractivity contribution in [1.29, 1.82) is 0 Å². The molecule has 2 N–H and O–H groups in total. The highest BCUT2D eigenvalue weighted by molar-refractivity contribution is 5.93. The Hall–Kier alpha value is -2.37. The van der Waals surface area contributed by atoms with Crippen LogP contribution in [0.2, 0.25) is 0 Å². The van der Waals surface area contributed by atoms with Gasteiger partial charge in [-0.25, -0.2) is 9.97 Å². The van der Waals surface area contributed by atoms with Crippen LogP contribution in [0.1, 0.15) is 22.6 Å². The summed E-state index contributed by atoms with van der Waals surface area (Å²) >= 11 is 0. The summed E-state index contributed by atoms with van der Waals surface area (Å²) in [6.45, 7) is 0.814. The van der Waals surface area contributed by atoms with Gasteiger partial charge in [0.1, 0.15) is 11.6 Å². The highest BCUT2D eigenvalue weighted by atomic mass is 16.2. The van der Waals surface area contributed by atoms with Crippen molar-refractivity contribution in [2.24, 2.45) is 0 Å². The Morgan fingerprint density at radius 1 is 1.35 bits per heavy atom. The number of pyridine rings is 1. The molecule has 2 heterocycles. The standard InChI is InChI=1S/C14H19N5O/c1-19(2)14(20)11-5-6-13(18-10-11)15-7-3-4-12-16-8-9-17-12/h5-6,8-10H,3-4,7H2,1-2H3,(H,15,18)(H,16,17). The molecule has 0 aliphatic rings. The first-order valence-electron chi connectivity index (χ1n) is 6.56. The summed E-state index contributed by atoms with van der Waals surface area (Å²) in [7, 11) is 3.45. The molecule has 2 aromatic heterocycles. The van der Waals surface area contributed by atoms with Crippen LogP contribution in [0, 0.1) is 0 Å². The number of nitrogens with zero attached hydrogens (tertiary/aromatic N) is 3. The van der Waals surface area contributed by atoms with E-state index in [1.165, 1.54) is 4.90 Å². The molecule has 0 aliphatic heterocycles. The number of rotatable bonds is 6. The molecule has 2 aromatic rings. The number of H-pyrrole nitrogens is 1. The number of aryl methyl sites for hydroxylation is 1. The van der Waals surface area contributed by atoms with Crippen molar-refractivity contribution in [3.8, 4) is 0 Å². The molecule has 0 saturated carbocycles. The predicted octanol–water partition coefficient (Wildman–Crippen LogP) is 1.55. The Morgan fingerprint density at radius 2 is 2.20 bits per heavy atom. The van der Waals surface area contributed by atoms with Gasteiger partial charge in [0.15, 0.2) is 0 Å². The highest BCUT2D eigenvalue weighted by Gasteiger charge is 2.07. The molecule has 0 unspecified atom stereocenters. The van der Waals surface area contributed by atoms with Crippen LogP contribution in [0.5, 0.6) is 0 Å². The Labute approximate surface area is 118 Å². The highest BCUT2D eigenvalue weighted by Crippen LogP contribution is 2.07. The monoisotopic (exact) mass is 273 g/mol. The fourth-order valence-electron chi connectivity index (χ4n) is 1.79. The summed E-state index contributed by atoms with van der Waals surface area (Å²) in [5.74, 6) is 1.73. The molecule has 0 fully saturated rings. The lowest BCUT2D eigenvalue weighted by Crippen LogP contribution is -2.21. The summed E-state index contributed by atoms with van der Waals surface area (Å²) in [4.78, 5) is 24.7. The van der Waals surface area contributed by atoms with Gasteiger partial charge in [-0.1, -0.05) is 0 Å². The first-order chi connectivity index (χ1) is 9.66. The van der Waals surface area contributed by atoms with E-state index in [-0.39, 0.29) is 5.91 Å². The zero-order chi connectivity index (χ0) is 14.4. The second-order valence-corrected chi connectivity index (χ2v) is 4.70. The third-order valence-corrected chi connectivity index (χ3v) is 2.87. The number of anilines is 1. The molecule has 6 heteroatoms. The summed E-state index contributed by atoms with van der Waals surface area (Å²) in [5.41, 5.74) is 0.594. The molecular weight excluding hydrogens is 254 g/mol. The topological polar surface area (TPSA) is 73.9 Å². The number of aromatic amines is 1. The van der Waals surface area contributed by atoms with E-state index >= 15 is 0 Å². The van der Waals surface area contributed by atoms with Gasteiger partial charge in [0.2, 0.25) is 0 Å². The van der Waals surface area contributed by atoms with E-state index < -0.39 is 0 Å². The summed E-state index contributed by atoms with van der Waals surface area (Å²) in [6.07, 6.45) is 7.04. The van der Waals surface area contributed by atoms with Crippen molar-refractivity contribution in [2.75, 3.05) is 26.0 Å². The van der Waals surface area contributed by atoms with Crippen LogP contribution < -0.4 is 5.32 Å². The normalized spacial score (nSPS) is 10.3. The van der Waals surface area contributed by atoms with E-state index in [9.17, 15) is 4.79 Å². The van der Waals surface area contributed by atoms with Crippen LogP contribution >= 0.6 is 0 Å². The zero-order valence-corrected chi connectivity index (χ0v) is 11.8. The van der Waals surface area contributed by atoms with Gasteiger partial charge in [-0.05, 0) is 18.6 Å². The molecule has 0 bridgehead atoms. The molecule has 0 radical (unpaired) electrons. The third-order valence-electron chi connectivity index (χ3n) is 2.87. The number of hydrogen-bond acceptors (Lipinski definition) is 4. The van der Waals surface area contributed by atoms with Crippen LogP contribution in [0.15, 0.2) is 30.7 Å². The van der Waals surface area contributed by atoms with Gasteiger partial charge >= 0.3 is 0 Å². The maximum atomic E-state index is 11.7. The van der Waals surface area contributed by atoms with Crippen molar-refractivity contribution in [1.82, 2.24) is 19.9 Å². The average molecular weight is 273 g/mol. The van der Waals surface area contributed by atoms with E-state index in [1.807, 2.05) is 12.3 Å². The number of imidazole rings is 1. The minimum atomic E-state index is -0.0399. The summed E-state index contributed by atoms with van der Waals surface area (Å²) in [5, 5.41) is 3.22. The lowest BCUT2D eigenvalue weighted by molar-refractivity contribution is 0.0827. The molecule has 0 spiro atoms. The van der Waals surface area contributed by atoms with Gasteiger partial charge in [0, 0.05) is 45.7 Å². The SMILES string of the molecule is CN(C)C(=O)c1ccc(NCCCc2ncc[nH]2)nc1. The number of hydrogen-bond donors (Lipinski definition) is 2. The average Bonchev–Trinajstić information content (AvgIpc) is 2.96. The number of amides is 1. The first kappa shape index (κ1) is 14.0. The van der Waals surface area contributed by atoms with E-state index in [2.05, 4.69) is 20.3 Å². The second-order valence-electron chi connectivity index (χ2n) is 4.70. The molecule has 106 valence electrons. The molecule has 6 nitrogen and oxygen atoms in total. The lowest BCUT2D eigenvalue weighted by Gasteiger charge is -2.10. The van der Waals surface area contributed by atoms with Gasteiger partial charge in [-0.15, -0.1) is 0 Å². The van der Waals surface area contributed by atoms with Crippen molar-refractivity contribution >= 4 is 11.7 Å². The van der Waals surface area contributed by atoms with Crippen molar-refractivity contribution in [3.63, 3.8) is 0 Å². The van der Waals surface area contributed by atoms with Crippen LogP contribution in [0.3, 0.4) is 0 Å². The zero-order valence-electron chi connectivity index (χ0n) is 11.8. The largest absolute Gasteiger partial charge is 0.370 e. The van der Waals surface area contributed by atoms with E-state index in [1.54, 1.807) is 32.6 Å². The Balaban J connectivity index is 1.77. The van der Waals surface area contributed by atoms with Gasteiger partial charge in [-0.3, -0.25) is 4.79 Å². The van der Waals surface area contributed by atoms with Crippen molar-refractivity contribution in [2.45, 2.75) is 12.8 Å². The fourth-order valence-corrected chi connectivity index (χ4v) is 1.79. The van der Waals surface area contributed by atoms with Gasteiger partial charge in [0.25, 0.3) is 5.91 Å². The van der Waals surface area contributed by atoms with Crippen LogP contribution in [-0.4, -0.2) is 46.4 Å². The molecule has 0 saturated heterocycles. The molecule has 0 aliphatic carbocycles. The molecule has 20 heavy (non-hydrogen) atoms. The minimum absolute atomic E-state index is 0.0399. The first-order valence-corrected chi connectivity index (χ1v) is 6.56.